The molecule has 0 aromatic heterocycles. The van der Waals surface area contributed by atoms with Crippen LogP contribution in [0, 0.1) is 0 Å². The third kappa shape index (κ3) is 6.39. The first-order chi connectivity index (χ1) is 8.58. The summed E-state index contributed by atoms with van der Waals surface area (Å²) >= 11 is 1.56. The molecule has 0 saturated heterocycles. The smallest absolute Gasteiger partial charge is 0.230 e. The van der Waals surface area contributed by atoms with Crippen molar-refractivity contribution in [3.8, 4) is 5.75 Å². The molecule has 1 amide bonds. The van der Waals surface area contributed by atoms with Crippen molar-refractivity contribution in [1.29, 1.82) is 0 Å². The van der Waals surface area contributed by atoms with Crippen LogP contribution in [0.4, 0.5) is 5.69 Å². The lowest BCUT2D eigenvalue weighted by Gasteiger charge is -2.08. The molecule has 0 saturated carbocycles. The molecule has 0 fully saturated rings. The van der Waals surface area contributed by atoms with E-state index in [1.807, 2.05) is 26.0 Å². The van der Waals surface area contributed by atoms with Crippen LogP contribution in [0.5, 0.6) is 5.75 Å². The molecule has 1 rings (SSSR count). The number of ether oxygens (including phenoxy) is 1. The van der Waals surface area contributed by atoms with E-state index < -0.39 is 0 Å². The van der Waals surface area contributed by atoms with E-state index in [4.69, 9.17) is 10.5 Å². The summed E-state index contributed by atoms with van der Waals surface area (Å²) in [5.74, 6) is 2.14. The average Bonchev–Trinajstić information content (AvgIpc) is 2.30. The van der Waals surface area contributed by atoms with Gasteiger partial charge in [0.1, 0.15) is 5.75 Å². The number of nitrogens with one attached hydrogen (secondary N) is 1. The minimum absolute atomic E-state index is 0.0717. The predicted octanol–water partition coefficient (Wildman–Crippen LogP) is 1.91. The summed E-state index contributed by atoms with van der Waals surface area (Å²) in [6.07, 6.45) is 0. The monoisotopic (exact) mass is 268 g/mol. The highest BCUT2D eigenvalue weighted by Gasteiger charge is 2.02. The van der Waals surface area contributed by atoms with Gasteiger partial charge in [0.2, 0.25) is 5.91 Å². The quantitative estimate of drug-likeness (QED) is 0.585. The van der Waals surface area contributed by atoms with Crippen molar-refractivity contribution in [3.63, 3.8) is 0 Å². The van der Waals surface area contributed by atoms with Crippen molar-refractivity contribution in [2.24, 2.45) is 0 Å². The molecule has 18 heavy (non-hydrogen) atoms. The summed E-state index contributed by atoms with van der Waals surface area (Å²) in [6, 6.07) is 7.48. The Morgan fingerprint density at radius 2 is 2.06 bits per heavy atom. The molecule has 0 aliphatic heterocycles. The van der Waals surface area contributed by atoms with E-state index in [1.54, 1.807) is 23.9 Å². The molecule has 5 heteroatoms. The van der Waals surface area contributed by atoms with Crippen molar-refractivity contribution < 1.29 is 9.53 Å². The summed E-state index contributed by atoms with van der Waals surface area (Å²) in [6.45, 7) is 4.49. The number of thioether (sulfide) groups is 1. The van der Waals surface area contributed by atoms with E-state index in [-0.39, 0.29) is 11.9 Å². The predicted molar refractivity (Wildman–Crippen MR) is 77.0 cm³/mol. The highest BCUT2D eigenvalue weighted by Crippen LogP contribution is 2.13. The van der Waals surface area contributed by atoms with Gasteiger partial charge < -0.3 is 15.8 Å². The molecule has 4 nitrogen and oxygen atoms in total. The molecule has 0 radical (unpaired) electrons. The van der Waals surface area contributed by atoms with Crippen LogP contribution in [0.15, 0.2) is 24.3 Å². The van der Waals surface area contributed by atoms with Crippen molar-refractivity contribution in [1.82, 2.24) is 5.32 Å². The molecule has 3 N–H and O–H groups in total. The van der Waals surface area contributed by atoms with Gasteiger partial charge in [-0.15, -0.1) is 11.8 Å². The average molecular weight is 268 g/mol. The van der Waals surface area contributed by atoms with Gasteiger partial charge in [0.05, 0.1) is 12.4 Å². The Labute approximate surface area is 112 Å². The van der Waals surface area contributed by atoms with Crippen LogP contribution in [-0.4, -0.2) is 30.1 Å². The Bertz CT molecular complexity index is 366. The number of nitrogen functional groups attached to an aromatic ring is 1. The van der Waals surface area contributed by atoms with Gasteiger partial charge in [-0.25, -0.2) is 0 Å². The number of carbonyl (C=O) groups is 1. The Hall–Kier alpha value is -1.36. The van der Waals surface area contributed by atoms with Gasteiger partial charge >= 0.3 is 0 Å². The number of hydrogen-bond donors (Lipinski definition) is 2. The van der Waals surface area contributed by atoms with Crippen LogP contribution in [0.2, 0.25) is 0 Å². The van der Waals surface area contributed by atoms with Crippen molar-refractivity contribution in [2.75, 3.05) is 23.8 Å². The maximum atomic E-state index is 11.3. The van der Waals surface area contributed by atoms with Crippen molar-refractivity contribution in [2.45, 2.75) is 19.9 Å². The van der Waals surface area contributed by atoms with Gasteiger partial charge in [-0.05, 0) is 38.1 Å². The fourth-order valence-corrected chi connectivity index (χ4v) is 1.93. The zero-order chi connectivity index (χ0) is 13.4. The Morgan fingerprint density at radius 3 is 2.67 bits per heavy atom. The van der Waals surface area contributed by atoms with Gasteiger partial charge in [0.25, 0.3) is 0 Å². The molecular formula is C13H20N2O2S. The molecule has 0 heterocycles. The maximum Gasteiger partial charge on any atom is 0.230 e. The highest BCUT2D eigenvalue weighted by atomic mass is 32.2. The van der Waals surface area contributed by atoms with Gasteiger partial charge in [0.15, 0.2) is 0 Å². The lowest BCUT2D eigenvalue weighted by molar-refractivity contribution is -0.119. The van der Waals surface area contributed by atoms with Gasteiger partial charge in [-0.1, -0.05) is 0 Å². The van der Waals surface area contributed by atoms with E-state index in [2.05, 4.69) is 5.32 Å². The standard InChI is InChI=1S/C13H20N2O2S/c1-10(2)15-13(16)9-18-8-7-17-12-5-3-11(14)4-6-12/h3-6,10H,7-9,14H2,1-2H3,(H,15,16). The minimum Gasteiger partial charge on any atom is -0.493 e. The number of carbonyl (C=O) groups excluding carboxylic acids is 1. The lowest BCUT2D eigenvalue weighted by Crippen LogP contribution is -2.31. The molecular weight excluding hydrogens is 248 g/mol. The minimum atomic E-state index is 0.0717. The fourth-order valence-electron chi connectivity index (χ4n) is 1.31. The van der Waals surface area contributed by atoms with E-state index in [0.717, 1.165) is 17.2 Å². The fraction of sp³-hybridized carbons (Fsp3) is 0.462. The number of rotatable bonds is 7. The second-order valence-corrected chi connectivity index (χ2v) is 5.30. The first kappa shape index (κ1) is 14.7. The third-order valence-electron chi connectivity index (χ3n) is 2.06. The number of amides is 1. The number of benzene rings is 1. The summed E-state index contributed by atoms with van der Waals surface area (Å²) in [4.78, 5) is 11.3. The van der Waals surface area contributed by atoms with Crippen LogP contribution < -0.4 is 15.8 Å². The number of hydrogen-bond acceptors (Lipinski definition) is 4. The molecule has 0 unspecified atom stereocenters. The van der Waals surface area contributed by atoms with Crippen LogP contribution in [0.3, 0.4) is 0 Å². The Kier molecular flexibility index (Phi) is 6.43. The summed E-state index contributed by atoms with van der Waals surface area (Å²) < 4.78 is 5.52. The zero-order valence-corrected chi connectivity index (χ0v) is 11.6. The third-order valence-corrected chi connectivity index (χ3v) is 2.98. The van der Waals surface area contributed by atoms with E-state index in [0.29, 0.717) is 12.4 Å². The SMILES string of the molecule is CC(C)NC(=O)CSCCOc1ccc(N)cc1. The maximum absolute atomic E-state index is 11.3. The van der Waals surface area contributed by atoms with Crippen LogP contribution >= 0.6 is 11.8 Å². The second kappa shape index (κ2) is 7.87. The van der Waals surface area contributed by atoms with Gasteiger partial charge in [-0.2, -0.15) is 0 Å². The van der Waals surface area contributed by atoms with Crippen molar-refractivity contribution >= 4 is 23.4 Å². The molecule has 1 aromatic carbocycles. The molecule has 0 aliphatic carbocycles. The largest absolute Gasteiger partial charge is 0.493 e. The van der Waals surface area contributed by atoms with Gasteiger partial charge in [0, 0.05) is 17.5 Å². The first-order valence-corrected chi connectivity index (χ1v) is 7.09. The normalized spacial score (nSPS) is 10.4. The summed E-state index contributed by atoms with van der Waals surface area (Å²) in [5.41, 5.74) is 6.30. The highest BCUT2D eigenvalue weighted by molar-refractivity contribution is 7.99. The van der Waals surface area contributed by atoms with Gasteiger partial charge in [-0.3, -0.25) is 4.79 Å². The lowest BCUT2D eigenvalue weighted by atomic mass is 10.3. The molecule has 100 valence electrons. The Balaban J connectivity index is 2.08. The van der Waals surface area contributed by atoms with Crippen LogP contribution in [-0.2, 0) is 4.79 Å². The molecule has 0 spiro atoms. The topological polar surface area (TPSA) is 64.3 Å². The van der Waals surface area contributed by atoms with E-state index >= 15 is 0 Å². The van der Waals surface area contributed by atoms with Crippen molar-refractivity contribution in [3.05, 3.63) is 24.3 Å². The zero-order valence-electron chi connectivity index (χ0n) is 10.8. The molecule has 0 atom stereocenters. The first-order valence-electron chi connectivity index (χ1n) is 5.93. The Morgan fingerprint density at radius 1 is 1.39 bits per heavy atom. The summed E-state index contributed by atoms with van der Waals surface area (Å²) in [5, 5.41) is 2.84. The van der Waals surface area contributed by atoms with Crippen LogP contribution in [0.25, 0.3) is 0 Å². The van der Waals surface area contributed by atoms with Crippen LogP contribution in [0.1, 0.15) is 13.8 Å². The molecule has 0 bridgehead atoms. The number of nitrogens with two attached hydrogens (primary N) is 1. The van der Waals surface area contributed by atoms with E-state index in [1.165, 1.54) is 0 Å². The second-order valence-electron chi connectivity index (χ2n) is 4.19. The molecule has 0 aliphatic rings. The van der Waals surface area contributed by atoms with E-state index in [9.17, 15) is 4.79 Å². The number of anilines is 1. The summed E-state index contributed by atoms with van der Waals surface area (Å²) in [7, 11) is 0. The molecule has 1 aromatic rings.